The van der Waals surface area contributed by atoms with E-state index in [0.29, 0.717) is 23.6 Å². The molecule has 0 aliphatic rings. The monoisotopic (exact) mass is 317 g/mol. The number of hydrogen-bond acceptors (Lipinski definition) is 4. The second-order valence-electron chi connectivity index (χ2n) is 5.29. The van der Waals surface area contributed by atoms with Gasteiger partial charge >= 0.3 is 0 Å². The molecule has 5 heteroatoms. The molecule has 4 nitrogen and oxygen atoms in total. The van der Waals surface area contributed by atoms with Gasteiger partial charge in [-0.15, -0.1) is 0 Å². The molecule has 0 N–H and O–H groups in total. The zero-order valence-electron chi connectivity index (χ0n) is 13.0. The number of nitrogens with zero attached hydrogens (tertiary/aromatic N) is 3. The average Bonchev–Trinajstić information content (AvgIpc) is 2.53. The fourth-order valence-corrected chi connectivity index (χ4v) is 1.83. The zero-order valence-corrected chi connectivity index (χ0v) is 13.8. The van der Waals surface area contributed by atoms with Gasteiger partial charge in [-0.1, -0.05) is 23.8 Å². The Morgan fingerprint density at radius 1 is 1.27 bits per heavy atom. The maximum absolute atomic E-state index is 6.14. The number of likely N-dealkylation sites (N-methyl/N-ethyl adjacent to an activating group) is 1. The summed E-state index contributed by atoms with van der Waals surface area (Å²) >= 11 is 6.14. The molecule has 2 rings (SSSR count). The van der Waals surface area contributed by atoms with Crippen LogP contribution in [0, 0.1) is 0 Å². The van der Waals surface area contributed by atoms with Crippen LogP contribution in [0.2, 0.25) is 5.15 Å². The molecule has 0 fully saturated rings. The summed E-state index contributed by atoms with van der Waals surface area (Å²) in [6, 6.07) is 6.08. The molecule has 2 aromatic rings. The number of ether oxygens (including phenoxy) is 1. The average molecular weight is 318 g/mol. The van der Waals surface area contributed by atoms with E-state index in [9.17, 15) is 0 Å². The topological polar surface area (TPSA) is 38.3 Å². The lowest BCUT2D eigenvalue weighted by molar-refractivity contribution is 0.198. The van der Waals surface area contributed by atoms with Crippen LogP contribution in [-0.4, -0.2) is 41.6 Å². The molecule has 0 amide bonds. The molecule has 0 saturated carbocycles. The van der Waals surface area contributed by atoms with Crippen molar-refractivity contribution in [1.29, 1.82) is 0 Å². The first-order chi connectivity index (χ1) is 10.6. The Labute approximate surface area is 136 Å². The van der Waals surface area contributed by atoms with E-state index < -0.39 is 0 Å². The van der Waals surface area contributed by atoms with Gasteiger partial charge in [-0.25, -0.2) is 4.98 Å². The van der Waals surface area contributed by atoms with E-state index in [-0.39, 0.29) is 0 Å². The van der Waals surface area contributed by atoms with Crippen LogP contribution in [-0.2, 0) is 0 Å². The number of pyridine rings is 2. The summed E-state index contributed by atoms with van der Waals surface area (Å²) in [6.45, 7) is 2.71. The summed E-state index contributed by atoms with van der Waals surface area (Å²) in [7, 11) is 4.05. The Hall–Kier alpha value is -1.91. The molecule has 0 aromatic carbocycles. The smallest absolute Gasteiger partial charge is 0.138 e. The van der Waals surface area contributed by atoms with E-state index in [1.54, 1.807) is 18.6 Å². The first kappa shape index (κ1) is 16.5. The van der Waals surface area contributed by atoms with Crippen molar-refractivity contribution in [2.45, 2.75) is 13.0 Å². The number of hydrogen-bond donors (Lipinski definition) is 0. The molecular weight excluding hydrogens is 298 g/mol. The van der Waals surface area contributed by atoms with Gasteiger partial charge in [-0.3, -0.25) is 4.98 Å². The Bertz CT molecular complexity index is 629. The van der Waals surface area contributed by atoms with Crippen LogP contribution < -0.4 is 4.74 Å². The number of rotatable bonds is 6. The van der Waals surface area contributed by atoms with Gasteiger partial charge in [0.1, 0.15) is 17.5 Å². The lowest BCUT2D eigenvalue weighted by Crippen LogP contribution is -2.30. The Morgan fingerprint density at radius 2 is 2.00 bits per heavy atom. The maximum atomic E-state index is 6.14. The predicted octanol–water partition coefficient (Wildman–Crippen LogP) is 3.63. The molecule has 0 bridgehead atoms. The van der Waals surface area contributed by atoms with Gasteiger partial charge in [0.2, 0.25) is 0 Å². The molecule has 0 unspecified atom stereocenters. The summed E-state index contributed by atoms with van der Waals surface area (Å²) in [5.41, 5.74) is 1.88. The van der Waals surface area contributed by atoms with E-state index in [2.05, 4.69) is 21.8 Å². The van der Waals surface area contributed by atoms with Crippen LogP contribution in [0.3, 0.4) is 0 Å². The second kappa shape index (κ2) is 7.92. The lowest BCUT2D eigenvalue weighted by atomic mass is 10.2. The highest BCUT2D eigenvalue weighted by Crippen LogP contribution is 2.21. The molecule has 0 spiro atoms. The summed E-state index contributed by atoms with van der Waals surface area (Å²) in [4.78, 5) is 10.3. The summed E-state index contributed by atoms with van der Waals surface area (Å²) < 4.78 is 5.77. The molecular formula is C17H20ClN3O. The van der Waals surface area contributed by atoms with Gasteiger partial charge in [-0.2, -0.15) is 0 Å². The van der Waals surface area contributed by atoms with E-state index >= 15 is 0 Å². The minimum Gasteiger partial charge on any atom is -0.490 e. The van der Waals surface area contributed by atoms with Crippen molar-refractivity contribution in [2.75, 3.05) is 20.7 Å². The van der Waals surface area contributed by atoms with E-state index in [4.69, 9.17) is 16.3 Å². The summed E-state index contributed by atoms with van der Waals surface area (Å²) in [6.07, 6.45) is 9.04. The van der Waals surface area contributed by atoms with Crippen LogP contribution >= 0.6 is 11.6 Å². The second-order valence-corrected chi connectivity index (χ2v) is 5.65. The quantitative estimate of drug-likeness (QED) is 0.763. The van der Waals surface area contributed by atoms with Gasteiger partial charge in [0.05, 0.1) is 6.20 Å². The van der Waals surface area contributed by atoms with Gasteiger partial charge in [0.15, 0.2) is 0 Å². The van der Waals surface area contributed by atoms with Crippen LogP contribution in [0.15, 0.2) is 36.8 Å². The highest BCUT2D eigenvalue weighted by atomic mass is 35.5. The molecule has 0 radical (unpaired) electrons. The largest absolute Gasteiger partial charge is 0.490 e. The first-order valence-electron chi connectivity index (χ1n) is 7.09. The Morgan fingerprint density at radius 3 is 2.68 bits per heavy atom. The molecule has 1 atom stereocenters. The Kier molecular flexibility index (Phi) is 5.92. The Balaban J connectivity index is 2.08. The summed E-state index contributed by atoms with van der Waals surface area (Å²) in [5.74, 6) is 0.715. The van der Waals surface area contributed by atoms with Crippen molar-refractivity contribution >= 4 is 23.8 Å². The fourth-order valence-electron chi connectivity index (χ4n) is 1.67. The van der Waals surface area contributed by atoms with Gasteiger partial charge in [0.25, 0.3) is 0 Å². The van der Waals surface area contributed by atoms with Gasteiger partial charge in [0, 0.05) is 24.0 Å². The minimum atomic E-state index is 0.325. The van der Waals surface area contributed by atoms with Crippen molar-refractivity contribution in [3.8, 4) is 5.75 Å². The highest BCUT2D eigenvalue weighted by molar-refractivity contribution is 6.31. The third-order valence-corrected chi connectivity index (χ3v) is 3.69. The normalized spacial score (nSPS) is 12.8. The molecule has 2 aromatic heterocycles. The van der Waals surface area contributed by atoms with Crippen molar-refractivity contribution < 1.29 is 4.74 Å². The van der Waals surface area contributed by atoms with Gasteiger partial charge < -0.3 is 9.64 Å². The van der Waals surface area contributed by atoms with E-state index in [1.807, 2.05) is 44.4 Å². The summed E-state index contributed by atoms with van der Waals surface area (Å²) in [5, 5.41) is 0.457. The van der Waals surface area contributed by atoms with Gasteiger partial charge in [-0.05, 0) is 44.8 Å². The molecule has 0 saturated heterocycles. The van der Waals surface area contributed by atoms with Crippen molar-refractivity contribution in [3.05, 3.63) is 53.1 Å². The molecule has 22 heavy (non-hydrogen) atoms. The van der Waals surface area contributed by atoms with Crippen LogP contribution in [0.1, 0.15) is 18.1 Å². The SMILES string of the molecule is C[C@H](COc1cnc(Cl)c(/C=C/c2ccncc2)c1)N(C)C. The minimum absolute atomic E-state index is 0.325. The van der Waals surface area contributed by atoms with E-state index in [0.717, 1.165) is 11.1 Å². The third-order valence-electron chi connectivity index (χ3n) is 3.38. The van der Waals surface area contributed by atoms with Crippen molar-refractivity contribution in [2.24, 2.45) is 0 Å². The van der Waals surface area contributed by atoms with Crippen molar-refractivity contribution in [3.63, 3.8) is 0 Å². The molecule has 0 aliphatic heterocycles. The first-order valence-corrected chi connectivity index (χ1v) is 7.47. The molecule has 2 heterocycles. The third kappa shape index (κ3) is 4.83. The van der Waals surface area contributed by atoms with E-state index in [1.165, 1.54) is 0 Å². The number of aromatic nitrogens is 2. The highest BCUT2D eigenvalue weighted by Gasteiger charge is 2.07. The molecule has 116 valence electrons. The van der Waals surface area contributed by atoms with Crippen molar-refractivity contribution in [1.82, 2.24) is 14.9 Å². The number of halogens is 1. The predicted molar refractivity (Wildman–Crippen MR) is 91.1 cm³/mol. The molecule has 0 aliphatic carbocycles. The zero-order chi connectivity index (χ0) is 15.9. The lowest BCUT2D eigenvalue weighted by Gasteiger charge is -2.19. The van der Waals surface area contributed by atoms with Crippen LogP contribution in [0.4, 0.5) is 0 Å². The standard InChI is InChI=1S/C17H20ClN3O/c1-13(21(2)3)12-22-16-10-15(17(18)20-11-16)5-4-14-6-8-19-9-7-14/h4-11,13H,12H2,1-3H3/b5-4+/t13-/m1/s1. The van der Waals surface area contributed by atoms with Crippen LogP contribution in [0.25, 0.3) is 12.2 Å². The maximum Gasteiger partial charge on any atom is 0.138 e. The van der Waals surface area contributed by atoms with Crippen LogP contribution in [0.5, 0.6) is 5.75 Å². The fraction of sp³-hybridized carbons (Fsp3) is 0.294.